The van der Waals surface area contributed by atoms with Gasteiger partial charge in [0.15, 0.2) is 0 Å². The first kappa shape index (κ1) is 15.7. The molecule has 0 amide bonds. The van der Waals surface area contributed by atoms with Gasteiger partial charge in [0.2, 0.25) is 5.91 Å². The molecule has 2 N–H and O–H groups in total. The van der Waals surface area contributed by atoms with Crippen LogP contribution in [0.25, 0.3) is 10.9 Å². The molecule has 2 aromatic rings. The minimum atomic E-state index is -0.0273. The number of carbonyl (C=O) groups excluding carboxylic acids is 1. The second-order valence-corrected chi connectivity index (χ2v) is 4.90. The van der Waals surface area contributed by atoms with Gasteiger partial charge in [-0.15, -0.1) is 12.4 Å². The van der Waals surface area contributed by atoms with Gasteiger partial charge >= 0.3 is 0 Å². The SMILES string of the molecule is CCC(C)[C@H](N)c1cn(C(C)=O)c2ccccc12.Cl. The minimum absolute atomic E-state index is 0. The van der Waals surface area contributed by atoms with Crippen LogP contribution in [0.3, 0.4) is 0 Å². The molecular formula is C15H21ClN2O. The molecule has 1 heterocycles. The van der Waals surface area contributed by atoms with Crippen LogP contribution in [0.4, 0.5) is 0 Å². The maximum atomic E-state index is 11.7. The number of rotatable bonds is 3. The van der Waals surface area contributed by atoms with Crippen LogP contribution in [0.1, 0.15) is 43.6 Å². The third-order valence-corrected chi connectivity index (χ3v) is 3.70. The fraction of sp³-hybridized carbons (Fsp3) is 0.400. The zero-order valence-corrected chi connectivity index (χ0v) is 12.4. The van der Waals surface area contributed by atoms with Crippen LogP contribution in [0.15, 0.2) is 30.5 Å². The van der Waals surface area contributed by atoms with Gasteiger partial charge in [-0.3, -0.25) is 9.36 Å². The summed E-state index contributed by atoms with van der Waals surface area (Å²) in [5.74, 6) is 0.421. The number of fused-ring (bicyclic) bond motifs is 1. The van der Waals surface area contributed by atoms with Crippen molar-refractivity contribution >= 4 is 29.2 Å². The summed E-state index contributed by atoms with van der Waals surface area (Å²) >= 11 is 0. The predicted octanol–water partition coefficient (Wildman–Crippen LogP) is 3.77. The van der Waals surface area contributed by atoms with Crippen LogP contribution in [-0.2, 0) is 0 Å². The number of benzene rings is 1. The van der Waals surface area contributed by atoms with E-state index >= 15 is 0 Å². The number of aromatic nitrogens is 1. The standard InChI is InChI=1S/C15H20N2O.ClH/c1-4-10(2)15(16)13-9-17(11(3)18)14-8-6-5-7-12(13)14;/h5-10,15H,4,16H2,1-3H3;1H/t10?,15-;/m0./s1. The Morgan fingerprint density at radius 1 is 1.37 bits per heavy atom. The molecule has 19 heavy (non-hydrogen) atoms. The van der Waals surface area contributed by atoms with Crippen molar-refractivity contribution in [3.8, 4) is 0 Å². The number of nitrogens with two attached hydrogens (primary N) is 1. The molecule has 104 valence electrons. The van der Waals surface area contributed by atoms with Crippen LogP contribution < -0.4 is 5.73 Å². The summed E-state index contributed by atoms with van der Waals surface area (Å²) in [7, 11) is 0. The van der Waals surface area contributed by atoms with E-state index in [1.807, 2.05) is 30.5 Å². The maximum absolute atomic E-state index is 11.7. The number of nitrogens with zero attached hydrogens (tertiary/aromatic N) is 1. The molecule has 0 aliphatic carbocycles. The first-order chi connectivity index (χ1) is 8.56. The number of hydrogen-bond acceptors (Lipinski definition) is 2. The lowest BCUT2D eigenvalue weighted by Gasteiger charge is -2.17. The highest BCUT2D eigenvalue weighted by Gasteiger charge is 2.19. The summed E-state index contributed by atoms with van der Waals surface area (Å²) in [4.78, 5) is 11.7. The highest BCUT2D eigenvalue weighted by Crippen LogP contribution is 2.30. The Morgan fingerprint density at radius 2 is 2.00 bits per heavy atom. The molecule has 3 nitrogen and oxygen atoms in total. The van der Waals surface area contributed by atoms with Crippen molar-refractivity contribution in [1.29, 1.82) is 0 Å². The van der Waals surface area contributed by atoms with Gasteiger partial charge in [-0.25, -0.2) is 0 Å². The second-order valence-electron chi connectivity index (χ2n) is 4.90. The molecule has 0 radical (unpaired) electrons. The molecule has 0 saturated carbocycles. The second kappa shape index (κ2) is 6.22. The van der Waals surface area contributed by atoms with E-state index in [0.717, 1.165) is 22.9 Å². The lowest BCUT2D eigenvalue weighted by atomic mass is 9.93. The molecule has 0 fully saturated rings. The van der Waals surface area contributed by atoms with Crippen LogP contribution in [-0.4, -0.2) is 10.5 Å². The number of halogens is 1. The van der Waals surface area contributed by atoms with Gasteiger partial charge < -0.3 is 5.73 Å². The van der Waals surface area contributed by atoms with E-state index in [2.05, 4.69) is 13.8 Å². The highest BCUT2D eigenvalue weighted by atomic mass is 35.5. The third kappa shape index (κ3) is 2.82. The van der Waals surface area contributed by atoms with Gasteiger partial charge in [0.25, 0.3) is 0 Å². The van der Waals surface area contributed by atoms with E-state index < -0.39 is 0 Å². The van der Waals surface area contributed by atoms with Gasteiger partial charge in [-0.05, 0) is 17.5 Å². The lowest BCUT2D eigenvalue weighted by Crippen LogP contribution is -2.18. The molecule has 2 atom stereocenters. The highest BCUT2D eigenvalue weighted by molar-refractivity contribution is 5.93. The van der Waals surface area contributed by atoms with Crippen LogP contribution >= 0.6 is 12.4 Å². The first-order valence-corrected chi connectivity index (χ1v) is 6.42. The van der Waals surface area contributed by atoms with Crippen molar-refractivity contribution in [2.45, 2.75) is 33.2 Å². The molecule has 0 aliphatic rings. The molecule has 1 aromatic carbocycles. The molecule has 1 aromatic heterocycles. The Morgan fingerprint density at radius 3 is 2.58 bits per heavy atom. The van der Waals surface area contributed by atoms with Gasteiger partial charge in [-0.1, -0.05) is 38.5 Å². The van der Waals surface area contributed by atoms with Crippen molar-refractivity contribution in [3.63, 3.8) is 0 Å². The van der Waals surface area contributed by atoms with Crippen molar-refractivity contribution < 1.29 is 4.79 Å². The van der Waals surface area contributed by atoms with Crippen LogP contribution in [0.2, 0.25) is 0 Å². The smallest absolute Gasteiger partial charge is 0.227 e. The third-order valence-electron chi connectivity index (χ3n) is 3.70. The van der Waals surface area contributed by atoms with Gasteiger partial charge in [0, 0.05) is 24.5 Å². The average molecular weight is 281 g/mol. The quantitative estimate of drug-likeness (QED) is 0.930. The summed E-state index contributed by atoms with van der Waals surface area (Å²) in [5.41, 5.74) is 8.31. The van der Waals surface area contributed by atoms with Gasteiger partial charge in [0.1, 0.15) is 0 Å². The molecule has 4 heteroatoms. The van der Waals surface area contributed by atoms with E-state index in [4.69, 9.17) is 5.73 Å². The summed E-state index contributed by atoms with van der Waals surface area (Å²) in [6, 6.07) is 7.90. The fourth-order valence-corrected chi connectivity index (χ4v) is 2.29. The van der Waals surface area contributed by atoms with Gasteiger partial charge in [0.05, 0.1) is 5.52 Å². The van der Waals surface area contributed by atoms with Crippen molar-refractivity contribution in [2.75, 3.05) is 0 Å². The molecular weight excluding hydrogens is 260 g/mol. The monoisotopic (exact) mass is 280 g/mol. The summed E-state index contributed by atoms with van der Waals surface area (Å²) in [6.07, 6.45) is 2.92. The molecule has 0 saturated heterocycles. The number of para-hydroxylation sites is 1. The molecule has 0 aliphatic heterocycles. The maximum Gasteiger partial charge on any atom is 0.227 e. The summed E-state index contributed by atoms with van der Waals surface area (Å²) in [6.45, 7) is 5.85. The zero-order valence-electron chi connectivity index (χ0n) is 11.6. The summed E-state index contributed by atoms with van der Waals surface area (Å²) < 4.78 is 1.69. The fourth-order valence-electron chi connectivity index (χ4n) is 2.29. The Balaban J connectivity index is 0.00000180. The Labute approximate surface area is 120 Å². The Hall–Kier alpha value is -1.32. The first-order valence-electron chi connectivity index (χ1n) is 6.42. The van der Waals surface area contributed by atoms with E-state index in [1.165, 1.54) is 0 Å². The summed E-state index contributed by atoms with van der Waals surface area (Å²) in [5, 5.41) is 1.08. The number of carbonyl (C=O) groups is 1. The number of hydrogen-bond donors (Lipinski definition) is 1. The molecule has 1 unspecified atom stereocenters. The van der Waals surface area contributed by atoms with E-state index in [0.29, 0.717) is 5.92 Å². The van der Waals surface area contributed by atoms with Gasteiger partial charge in [-0.2, -0.15) is 0 Å². The largest absolute Gasteiger partial charge is 0.324 e. The van der Waals surface area contributed by atoms with Crippen LogP contribution in [0, 0.1) is 5.92 Å². The van der Waals surface area contributed by atoms with E-state index in [9.17, 15) is 4.79 Å². The topological polar surface area (TPSA) is 48.0 Å². The van der Waals surface area contributed by atoms with Crippen molar-refractivity contribution in [1.82, 2.24) is 4.57 Å². The lowest BCUT2D eigenvalue weighted by molar-refractivity contribution is 0.0941. The average Bonchev–Trinajstić information content (AvgIpc) is 2.76. The van der Waals surface area contributed by atoms with Crippen molar-refractivity contribution in [3.05, 3.63) is 36.0 Å². The molecule has 2 rings (SSSR count). The molecule has 0 spiro atoms. The zero-order chi connectivity index (χ0) is 13.3. The Bertz CT molecular complexity index is 577. The molecule has 0 bridgehead atoms. The van der Waals surface area contributed by atoms with E-state index in [1.54, 1.807) is 11.5 Å². The minimum Gasteiger partial charge on any atom is -0.324 e. The van der Waals surface area contributed by atoms with Crippen molar-refractivity contribution in [2.24, 2.45) is 11.7 Å². The normalized spacial score (nSPS) is 13.9. The Kier molecular flexibility index (Phi) is 5.15. The predicted molar refractivity (Wildman–Crippen MR) is 81.9 cm³/mol. The van der Waals surface area contributed by atoms with Crippen LogP contribution in [0.5, 0.6) is 0 Å². The van der Waals surface area contributed by atoms with E-state index in [-0.39, 0.29) is 24.4 Å².